The molecule has 1 atom stereocenters. The summed E-state index contributed by atoms with van der Waals surface area (Å²) in [5.74, 6) is 1.42. The van der Waals surface area contributed by atoms with E-state index in [-0.39, 0.29) is 0 Å². The van der Waals surface area contributed by atoms with Gasteiger partial charge in [0.2, 0.25) is 0 Å². The molecule has 3 heteroatoms. The van der Waals surface area contributed by atoms with Gasteiger partial charge in [0.25, 0.3) is 0 Å². The first-order valence-electron chi connectivity index (χ1n) is 5.34. The molecule has 0 spiro atoms. The molecule has 1 aromatic rings. The largest absolute Gasteiger partial charge is 0.369 e. The number of aromatic nitrogens is 2. The molecule has 0 saturated heterocycles. The fourth-order valence-electron chi connectivity index (χ4n) is 1.28. The van der Waals surface area contributed by atoms with Crippen molar-refractivity contribution in [2.24, 2.45) is 0 Å². The SMILES string of the molecule is CCCNc1nccnc1C(C)CC. The van der Waals surface area contributed by atoms with Gasteiger partial charge in [-0.25, -0.2) is 4.98 Å². The Morgan fingerprint density at radius 3 is 2.64 bits per heavy atom. The summed E-state index contributed by atoms with van der Waals surface area (Å²) in [5, 5.41) is 3.30. The molecule has 0 fully saturated rings. The lowest BCUT2D eigenvalue weighted by atomic mass is 10.0. The average Bonchev–Trinajstić information content (AvgIpc) is 2.25. The van der Waals surface area contributed by atoms with Gasteiger partial charge < -0.3 is 5.32 Å². The Kier molecular flexibility index (Phi) is 4.36. The van der Waals surface area contributed by atoms with Crippen molar-refractivity contribution in [1.82, 2.24) is 9.97 Å². The van der Waals surface area contributed by atoms with Crippen LogP contribution in [-0.2, 0) is 0 Å². The van der Waals surface area contributed by atoms with Crippen molar-refractivity contribution < 1.29 is 0 Å². The molecule has 0 amide bonds. The topological polar surface area (TPSA) is 37.8 Å². The molecule has 14 heavy (non-hydrogen) atoms. The third kappa shape index (κ3) is 2.69. The molecule has 0 saturated carbocycles. The summed E-state index contributed by atoms with van der Waals surface area (Å²) >= 11 is 0. The van der Waals surface area contributed by atoms with Crippen molar-refractivity contribution in [1.29, 1.82) is 0 Å². The highest BCUT2D eigenvalue weighted by atomic mass is 15.0. The van der Waals surface area contributed by atoms with E-state index in [2.05, 4.69) is 36.1 Å². The number of nitrogens with zero attached hydrogens (tertiary/aromatic N) is 2. The second-order valence-electron chi connectivity index (χ2n) is 3.53. The summed E-state index contributed by atoms with van der Waals surface area (Å²) in [5.41, 5.74) is 1.09. The summed E-state index contributed by atoms with van der Waals surface area (Å²) in [6.07, 6.45) is 5.71. The fraction of sp³-hybridized carbons (Fsp3) is 0.636. The van der Waals surface area contributed by atoms with Crippen LogP contribution in [0.5, 0.6) is 0 Å². The van der Waals surface area contributed by atoms with Gasteiger partial charge in [-0.3, -0.25) is 4.98 Å². The minimum atomic E-state index is 0.475. The molecule has 1 unspecified atom stereocenters. The molecule has 1 N–H and O–H groups in total. The Morgan fingerprint density at radius 1 is 1.29 bits per heavy atom. The van der Waals surface area contributed by atoms with Gasteiger partial charge in [0.1, 0.15) is 5.82 Å². The normalized spacial score (nSPS) is 12.5. The third-order valence-electron chi connectivity index (χ3n) is 2.35. The van der Waals surface area contributed by atoms with Gasteiger partial charge in [0.05, 0.1) is 5.69 Å². The molecule has 3 nitrogen and oxygen atoms in total. The van der Waals surface area contributed by atoms with Crippen molar-refractivity contribution in [3.05, 3.63) is 18.1 Å². The van der Waals surface area contributed by atoms with Crippen LogP contribution in [0.15, 0.2) is 12.4 Å². The van der Waals surface area contributed by atoms with Crippen molar-refractivity contribution in [2.45, 2.75) is 39.5 Å². The van der Waals surface area contributed by atoms with Crippen molar-refractivity contribution in [3.8, 4) is 0 Å². The zero-order chi connectivity index (χ0) is 10.4. The van der Waals surface area contributed by atoms with Crippen LogP contribution in [0.25, 0.3) is 0 Å². The van der Waals surface area contributed by atoms with E-state index in [1.165, 1.54) is 0 Å². The molecule has 78 valence electrons. The Hall–Kier alpha value is -1.12. The standard InChI is InChI=1S/C11H19N3/c1-4-6-13-11-10(9(3)5-2)12-7-8-14-11/h7-9H,4-6H2,1-3H3,(H,13,14). The molecule has 1 aromatic heterocycles. The van der Waals surface area contributed by atoms with E-state index in [0.717, 1.165) is 30.9 Å². The van der Waals surface area contributed by atoms with E-state index in [0.29, 0.717) is 5.92 Å². The lowest BCUT2D eigenvalue weighted by Gasteiger charge is -2.13. The van der Waals surface area contributed by atoms with E-state index in [4.69, 9.17) is 0 Å². The lowest BCUT2D eigenvalue weighted by molar-refractivity contribution is 0.703. The maximum atomic E-state index is 4.38. The minimum Gasteiger partial charge on any atom is -0.369 e. The number of hydrogen-bond donors (Lipinski definition) is 1. The Balaban J connectivity index is 2.79. The van der Waals surface area contributed by atoms with Gasteiger partial charge in [-0.1, -0.05) is 20.8 Å². The molecule has 1 rings (SSSR count). The molecular weight excluding hydrogens is 174 g/mol. The van der Waals surface area contributed by atoms with E-state index in [9.17, 15) is 0 Å². The van der Waals surface area contributed by atoms with E-state index < -0.39 is 0 Å². The first-order valence-corrected chi connectivity index (χ1v) is 5.34. The quantitative estimate of drug-likeness (QED) is 0.781. The fourth-order valence-corrected chi connectivity index (χ4v) is 1.28. The highest BCUT2D eigenvalue weighted by Gasteiger charge is 2.10. The van der Waals surface area contributed by atoms with Crippen LogP contribution in [0.3, 0.4) is 0 Å². The maximum Gasteiger partial charge on any atom is 0.148 e. The van der Waals surface area contributed by atoms with Gasteiger partial charge in [-0.15, -0.1) is 0 Å². The molecule has 0 aromatic carbocycles. The van der Waals surface area contributed by atoms with Crippen LogP contribution in [0.2, 0.25) is 0 Å². The predicted octanol–water partition coefficient (Wildman–Crippen LogP) is 2.81. The Morgan fingerprint density at radius 2 is 2.00 bits per heavy atom. The van der Waals surface area contributed by atoms with E-state index >= 15 is 0 Å². The zero-order valence-corrected chi connectivity index (χ0v) is 9.25. The second-order valence-corrected chi connectivity index (χ2v) is 3.53. The van der Waals surface area contributed by atoms with Crippen molar-refractivity contribution in [2.75, 3.05) is 11.9 Å². The smallest absolute Gasteiger partial charge is 0.148 e. The second kappa shape index (κ2) is 5.58. The molecular formula is C11H19N3. The maximum absolute atomic E-state index is 4.38. The molecule has 0 radical (unpaired) electrons. The van der Waals surface area contributed by atoms with Crippen molar-refractivity contribution in [3.63, 3.8) is 0 Å². The van der Waals surface area contributed by atoms with Gasteiger partial charge in [-0.05, 0) is 12.8 Å². The van der Waals surface area contributed by atoms with Gasteiger partial charge in [-0.2, -0.15) is 0 Å². The molecule has 0 bridgehead atoms. The number of anilines is 1. The van der Waals surface area contributed by atoms with Crippen LogP contribution in [0, 0.1) is 0 Å². The first-order chi connectivity index (χ1) is 6.79. The summed E-state index contributed by atoms with van der Waals surface area (Å²) in [4.78, 5) is 8.69. The summed E-state index contributed by atoms with van der Waals surface area (Å²) in [6, 6.07) is 0. The summed E-state index contributed by atoms with van der Waals surface area (Å²) < 4.78 is 0. The lowest BCUT2D eigenvalue weighted by Crippen LogP contribution is -2.08. The van der Waals surface area contributed by atoms with E-state index in [1.807, 2.05) is 0 Å². The third-order valence-corrected chi connectivity index (χ3v) is 2.35. The monoisotopic (exact) mass is 193 g/mol. The number of hydrogen-bond acceptors (Lipinski definition) is 3. The summed E-state index contributed by atoms with van der Waals surface area (Å²) in [6.45, 7) is 7.46. The average molecular weight is 193 g/mol. The predicted molar refractivity (Wildman–Crippen MR) is 59.5 cm³/mol. The highest BCUT2D eigenvalue weighted by molar-refractivity contribution is 5.41. The minimum absolute atomic E-state index is 0.475. The van der Waals surface area contributed by atoms with Gasteiger partial charge in [0.15, 0.2) is 0 Å². The molecule has 1 heterocycles. The first kappa shape index (κ1) is 11.0. The van der Waals surface area contributed by atoms with Crippen LogP contribution in [-0.4, -0.2) is 16.5 Å². The number of nitrogens with one attached hydrogen (secondary N) is 1. The Labute approximate surface area is 86.0 Å². The van der Waals surface area contributed by atoms with Crippen LogP contribution in [0.1, 0.15) is 45.2 Å². The zero-order valence-electron chi connectivity index (χ0n) is 9.25. The van der Waals surface area contributed by atoms with Crippen LogP contribution in [0.4, 0.5) is 5.82 Å². The highest BCUT2D eigenvalue weighted by Crippen LogP contribution is 2.21. The van der Waals surface area contributed by atoms with E-state index in [1.54, 1.807) is 12.4 Å². The Bertz CT molecular complexity index is 273. The van der Waals surface area contributed by atoms with Gasteiger partial charge in [0, 0.05) is 24.9 Å². The van der Waals surface area contributed by atoms with Crippen molar-refractivity contribution >= 4 is 5.82 Å². The molecule has 0 aliphatic carbocycles. The molecule has 0 aliphatic rings. The molecule has 0 aliphatic heterocycles. The van der Waals surface area contributed by atoms with Crippen LogP contribution < -0.4 is 5.32 Å². The van der Waals surface area contributed by atoms with Gasteiger partial charge >= 0.3 is 0 Å². The van der Waals surface area contributed by atoms with Crippen LogP contribution >= 0.6 is 0 Å². The summed E-state index contributed by atoms with van der Waals surface area (Å²) in [7, 11) is 0. The number of rotatable bonds is 5.